The number of hydrogen-bond donors (Lipinski definition) is 1. The highest BCUT2D eigenvalue weighted by Crippen LogP contribution is 2.13. The largest absolute Gasteiger partial charge is 0.337 e. The Kier molecular flexibility index (Phi) is 5.05. The van der Waals surface area contributed by atoms with Crippen LogP contribution in [0.1, 0.15) is 24.6 Å². The average molecular weight is 288 g/mol. The zero-order valence-electron chi connectivity index (χ0n) is 12.1. The fourth-order valence-corrected chi connectivity index (χ4v) is 2.09. The summed E-state index contributed by atoms with van der Waals surface area (Å²) in [4.78, 5) is 14.6. The molecule has 0 aliphatic heterocycles. The van der Waals surface area contributed by atoms with Gasteiger partial charge in [-0.15, -0.1) is 0 Å². The van der Waals surface area contributed by atoms with Crippen LogP contribution in [0, 0.1) is 10.1 Å². The number of non-ortho nitro benzene ring substituents is 1. The normalized spacial score (nSPS) is 12.3. The number of hydrogen-bond acceptors (Lipinski definition) is 4. The lowest BCUT2D eigenvalue weighted by Crippen LogP contribution is -2.21. The van der Waals surface area contributed by atoms with Crippen LogP contribution in [0.15, 0.2) is 36.8 Å². The van der Waals surface area contributed by atoms with Crippen molar-refractivity contribution in [1.82, 2.24) is 9.55 Å². The lowest BCUT2D eigenvalue weighted by atomic mass is 10.1. The summed E-state index contributed by atoms with van der Waals surface area (Å²) in [5.41, 5.74) is 8.11. The molecule has 0 saturated heterocycles. The molecule has 1 heterocycles. The fraction of sp³-hybridized carbons (Fsp3) is 0.400. The monoisotopic (exact) mass is 288 g/mol. The van der Waals surface area contributed by atoms with E-state index in [2.05, 4.69) is 11.9 Å². The first kappa shape index (κ1) is 15.2. The predicted octanol–water partition coefficient (Wildman–Crippen LogP) is 2.31. The number of nitrogens with zero attached hydrogens (tertiary/aromatic N) is 3. The second-order valence-corrected chi connectivity index (χ2v) is 5.15. The third kappa shape index (κ3) is 4.39. The maximum absolute atomic E-state index is 10.6. The van der Waals surface area contributed by atoms with Gasteiger partial charge in [0.1, 0.15) is 0 Å². The van der Waals surface area contributed by atoms with Crippen molar-refractivity contribution in [2.45, 2.75) is 38.8 Å². The molecule has 2 rings (SSSR count). The molecule has 0 aliphatic rings. The molecular formula is C15H20N4O2. The molecule has 1 atom stereocenters. The van der Waals surface area contributed by atoms with E-state index >= 15 is 0 Å². The molecule has 1 aromatic carbocycles. The van der Waals surface area contributed by atoms with Gasteiger partial charge in [0.25, 0.3) is 5.69 Å². The Balaban J connectivity index is 1.89. The van der Waals surface area contributed by atoms with Crippen LogP contribution in [-0.2, 0) is 19.4 Å². The molecule has 112 valence electrons. The van der Waals surface area contributed by atoms with E-state index in [0.717, 1.165) is 37.1 Å². The maximum Gasteiger partial charge on any atom is 0.269 e. The fourth-order valence-electron chi connectivity index (χ4n) is 2.09. The standard InChI is InChI=1S/C15H20N4O2/c1-2-13(16)9-14-10-18(11-17-14)8-7-12-3-5-15(6-4-12)19(20)21/h3-6,10-11,13H,2,7-9,16H2,1H3. The molecule has 2 aromatic rings. The van der Waals surface area contributed by atoms with E-state index in [1.807, 2.05) is 17.1 Å². The summed E-state index contributed by atoms with van der Waals surface area (Å²) in [6.45, 7) is 2.86. The van der Waals surface area contributed by atoms with Crippen LogP contribution >= 0.6 is 0 Å². The quantitative estimate of drug-likeness (QED) is 0.625. The second kappa shape index (κ2) is 6.99. The first-order valence-corrected chi connectivity index (χ1v) is 7.08. The van der Waals surface area contributed by atoms with Crippen molar-refractivity contribution in [1.29, 1.82) is 0 Å². The number of nitrogens with two attached hydrogens (primary N) is 1. The molecule has 0 radical (unpaired) electrons. The van der Waals surface area contributed by atoms with Gasteiger partial charge in [-0.05, 0) is 18.4 Å². The van der Waals surface area contributed by atoms with Gasteiger partial charge < -0.3 is 10.3 Å². The van der Waals surface area contributed by atoms with Gasteiger partial charge >= 0.3 is 0 Å². The highest BCUT2D eigenvalue weighted by molar-refractivity contribution is 5.32. The van der Waals surface area contributed by atoms with Crippen molar-refractivity contribution >= 4 is 5.69 Å². The van der Waals surface area contributed by atoms with Gasteiger partial charge in [-0.25, -0.2) is 4.98 Å². The number of nitro groups is 1. The summed E-state index contributed by atoms with van der Waals surface area (Å²) >= 11 is 0. The highest BCUT2D eigenvalue weighted by Gasteiger charge is 2.06. The SMILES string of the molecule is CCC(N)Cc1cn(CCc2ccc([N+](=O)[O-])cc2)cn1. The third-order valence-electron chi connectivity index (χ3n) is 3.49. The van der Waals surface area contributed by atoms with Crippen molar-refractivity contribution in [3.63, 3.8) is 0 Å². The molecule has 0 saturated carbocycles. The molecule has 1 unspecified atom stereocenters. The van der Waals surface area contributed by atoms with Gasteiger partial charge in [-0.3, -0.25) is 10.1 Å². The Morgan fingerprint density at radius 2 is 2.10 bits per heavy atom. The Labute approximate surface area is 123 Å². The first-order chi connectivity index (χ1) is 10.1. The topological polar surface area (TPSA) is 87.0 Å². The van der Waals surface area contributed by atoms with E-state index in [0.29, 0.717) is 0 Å². The predicted molar refractivity (Wildman–Crippen MR) is 81.0 cm³/mol. The van der Waals surface area contributed by atoms with Crippen LogP contribution in [-0.4, -0.2) is 20.5 Å². The molecule has 6 heteroatoms. The van der Waals surface area contributed by atoms with E-state index in [9.17, 15) is 10.1 Å². The minimum Gasteiger partial charge on any atom is -0.337 e. The molecule has 0 bridgehead atoms. The Morgan fingerprint density at radius 1 is 1.38 bits per heavy atom. The van der Waals surface area contributed by atoms with Gasteiger partial charge in [-0.2, -0.15) is 0 Å². The minimum absolute atomic E-state index is 0.122. The number of imidazole rings is 1. The second-order valence-electron chi connectivity index (χ2n) is 5.15. The maximum atomic E-state index is 10.6. The van der Waals surface area contributed by atoms with E-state index < -0.39 is 0 Å². The molecular weight excluding hydrogens is 268 g/mol. The van der Waals surface area contributed by atoms with E-state index in [-0.39, 0.29) is 16.7 Å². The summed E-state index contributed by atoms with van der Waals surface area (Å²) in [6, 6.07) is 6.82. The molecule has 2 N–H and O–H groups in total. The van der Waals surface area contributed by atoms with Gasteiger partial charge in [0.15, 0.2) is 0 Å². The van der Waals surface area contributed by atoms with E-state index in [1.165, 1.54) is 12.1 Å². The number of benzene rings is 1. The first-order valence-electron chi connectivity index (χ1n) is 7.08. The summed E-state index contributed by atoms with van der Waals surface area (Å²) < 4.78 is 2.03. The minimum atomic E-state index is -0.386. The molecule has 1 aromatic heterocycles. The average Bonchev–Trinajstić information content (AvgIpc) is 2.93. The number of aryl methyl sites for hydroxylation is 2. The number of nitro benzene ring substituents is 1. The van der Waals surface area contributed by atoms with Crippen LogP contribution in [0.3, 0.4) is 0 Å². The zero-order chi connectivity index (χ0) is 15.2. The Morgan fingerprint density at radius 3 is 2.71 bits per heavy atom. The number of rotatable bonds is 7. The Bertz CT molecular complexity index is 592. The highest BCUT2D eigenvalue weighted by atomic mass is 16.6. The van der Waals surface area contributed by atoms with Crippen LogP contribution in [0.25, 0.3) is 0 Å². The molecule has 0 aliphatic carbocycles. The lowest BCUT2D eigenvalue weighted by Gasteiger charge is -2.05. The van der Waals surface area contributed by atoms with Gasteiger partial charge in [-0.1, -0.05) is 19.1 Å². The summed E-state index contributed by atoms with van der Waals surface area (Å²) in [5, 5.41) is 10.6. The van der Waals surface area contributed by atoms with Crippen LogP contribution < -0.4 is 5.73 Å². The van der Waals surface area contributed by atoms with Crippen LogP contribution in [0.4, 0.5) is 5.69 Å². The van der Waals surface area contributed by atoms with Crippen molar-refractivity contribution in [2.75, 3.05) is 0 Å². The van der Waals surface area contributed by atoms with Gasteiger partial charge in [0.05, 0.1) is 16.9 Å². The third-order valence-corrected chi connectivity index (χ3v) is 3.49. The van der Waals surface area contributed by atoms with Crippen molar-refractivity contribution < 1.29 is 4.92 Å². The van der Waals surface area contributed by atoms with Crippen molar-refractivity contribution in [3.8, 4) is 0 Å². The van der Waals surface area contributed by atoms with Gasteiger partial charge in [0, 0.05) is 37.3 Å². The molecule has 0 spiro atoms. The summed E-state index contributed by atoms with van der Waals surface area (Å²) in [5.74, 6) is 0. The smallest absolute Gasteiger partial charge is 0.269 e. The lowest BCUT2D eigenvalue weighted by molar-refractivity contribution is -0.384. The molecule has 0 fully saturated rings. The Hall–Kier alpha value is -2.21. The van der Waals surface area contributed by atoms with Crippen LogP contribution in [0.5, 0.6) is 0 Å². The van der Waals surface area contributed by atoms with E-state index in [4.69, 9.17) is 5.73 Å². The van der Waals surface area contributed by atoms with E-state index in [1.54, 1.807) is 12.1 Å². The zero-order valence-corrected chi connectivity index (χ0v) is 12.1. The molecule has 21 heavy (non-hydrogen) atoms. The summed E-state index contributed by atoms with van der Waals surface area (Å²) in [7, 11) is 0. The number of aromatic nitrogens is 2. The summed E-state index contributed by atoms with van der Waals surface area (Å²) in [6.07, 6.45) is 6.37. The van der Waals surface area contributed by atoms with Gasteiger partial charge in [0.2, 0.25) is 0 Å². The molecule has 0 amide bonds. The van der Waals surface area contributed by atoms with Crippen LogP contribution in [0.2, 0.25) is 0 Å². The van der Waals surface area contributed by atoms with Crippen molar-refractivity contribution in [3.05, 3.63) is 58.2 Å². The van der Waals surface area contributed by atoms with Crippen molar-refractivity contribution in [2.24, 2.45) is 5.73 Å². The molecule has 6 nitrogen and oxygen atoms in total.